The first kappa shape index (κ1) is 25.0. The molecule has 0 saturated carbocycles. The van der Waals surface area contributed by atoms with Crippen LogP contribution in [0.2, 0.25) is 0 Å². The van der Waals surface area contributed by atoms with Gasteiger partial charge in [0.05, 0.1) is 6.04 Å². The number of carbonyl (C=O) groups excluding carboxylic acids is 2. The second-order valence-electron chi connectivity index (χ2n) is 8.21. The lowest BCUT2D eigenvalue weighted by molar-refractivity contribution is -0.122. The first-order chi connectivity index (χ1) is 16.6. The Balaban J connectivity index is 1.35. The summed E-state index contributed by atoms with van der Waals surface area (Å²) in [6.45, 7) is 1.20. The molecule has 0 bridgehead atoms. The third-order valence-corrected chi connectivity index (χ3v) is 5.65. The van der Waals surface area contributed by atoms with E-state index in [0.29, 0.717) is 19.5 Å². The predicted molar refractivity (Wildman–Crippen MR) is 134 cm³/mol. The zero-order valence-corrected chi connectivity index (χ0v) is 19.4. The van der Waals surface area contributed by atoms with E-state index >= 15 is 0 Å². The van der Waals surface area contributed by atoms with Crippen LogP contribution >= 0.6 is 0 Å². The number of amides is 2. The molecule has 2 amide bonds. The van der Waals surface area contributed by atoms with Crippen molar-refractivity contribution in [1.82, 2.24) is 10.6 Å². The van der Waals surface area contributed by atoms with Crippen LogP contribution in [0.3, 0.4) is 0 Å². The van der Waals surface area contributed by atoms with Crippen LogP contribution in [-0.2, 0) is 16.1 Å². The number of carbonyl (C=O) groups is 2. The number of ether oxygens (including phenoxy) is 1. The van der Waals surface area contributed by atoms with Crippen molar-refractivity contribution >= 4 is 12.0 Å². The molecular weight excluding hydrogens is 426 g/mol. The highest BCUT2D eigenvalue weighted by Gasteiger charge is 2.18. The summed E-state index contributed by atoms with van der Waals surface area (Å²) in [6, 6.07) is 29.2. The molecule has 0 aliphatic rings. The minimum absolute atomic E-state index is 0.0599. The fraction of sp³-hybridized carbons (Fsp3) is 0.286. The van der Waals surface area contributed by atoms with E-state index in [1.54, 1.807) is 0 Å². The minimum Gasteiger partial charge on any atom is -0.445 e. The van der Waals surface area contributed by atoms with E-state index in [4.69, 9.17) is 10.5 Å². The van der Waals surface area contributed by atoms with Crippen molar-refractivity contribution in [2.75, 3.05) is 13.1 Å². The highest BCUT2D eigenvalue weighted by Crippen LogP contribution is 2.23. The molecule has 0 saturated heterocycles. The Bertz CT molecular complexity index is 958. The molecule has 178 valence electrons. The van der Waals surface area contributed by atoms with Crippen molar-refractivity contribution in [2.45, 2.75) is 37.8 Å². The van der Waals surface area contributed by atoms with Crippen molar-refractivity contribution in [1.29, 1.82) is 0 Å². The second-order valence-corrected chi connectivity index (χ2v) is 8.21. The van der Waals surface area contributed by atoms with E-state index in [1.807, 2.05) is 66.7 Å². The van der Waals surface area contributed by atoms with Crippen molar-refractivity contribution in [3.63, 3.8) is 0 Å². The molecule has 0 aromatic heterocycles. The number of alkyl carbamates (subject to hydrolysis) is 1. The van der Waals surface area contributed by atoms with Gasteiger partial charge in [-0.1, -0.05) is 91.0 Å². The summed E-state index contributed by atoms with van der Waals surface area (Å²) in [5.74, 6) is -0.100. The number of nitrogens with two attached hydrogens (primary N) is 1. The summed E-state index contributed by atoms with van der Waals surface area (Å²) in [5.41, 5.74) is 9.34. The minimum atomic E-state index is -0.586. The molecule has 1 atom stereocenters. The van der Waals surface area contributed by atoms with Gasteiger partial charge in [-0.05, 0) is 36.0 Å². The fourth-order valence-electron chi connectivity index (χ4n) is 3.72. The van der Waals surface area contributed by atoms with Crippen molar-refractivity contribution in [3.05, 3.63) is 108 Å². The van der Waals surface area contributed by atoms with E-state index in [0.717, 1.165) is 29.5 Å². The molecule has 6 nitrogen and oxygen atoms in total. The summed E-state index contributed by atoms with van der Waals surface area (Å²) in [7, 11) is 0. The van der Waals surface area contributed by atoms with Gasteiger partial charge < -0.3 is 21.1 Å². The Morgan fingerprint density at radius 3 is 1.91 bits per heavy atom. The maximum atomic E-state index is 12.6. The Morgan fingerprint density at radius 2 is 1.32 bits per heavy atom. The third kappa shape index (κ3) is 8.37. The number of benzene rings is 3. The number of unbranched alkanes of at least 4 members (excludes halogenated alkanes) is 1. The molecule has 0 aliphatic heterocycles. The first-order valence-corrected chi connectivity index (χ1v) is 11.7. The van der Waals surface area contributed by atoms with Gasteiger partial charge in [-0.25, -0.2) is 4.79 Å². The van der Waals surface area contributed by atoms with Crippen LogP contribution < -0.4 is 16.4 Å². The van der Waals surface area contributed by atoms with Gasteiger partial charge in [-0.2, -0.15) is 0 Å². The van der Waals surface area contributed by atoms with Gasteiger partial charge in [0, 0.05) is 19.0 Å². The van der Waals surface area contributed by atoms with Crippen LogP contribution in [0, 0.1) is 0 Å². The molecule has 0 unspecified atom stereocenters. The predicted octanol–water partition coefficient (Wildman–Crippen LogP) is 4.36. The van der Waals surface area contributed by atoms with Crippen molar-refractivity contribution in [3.8, 4) is 0 Å². The van der Waals surface area contributed by atoms with E-state index in [-0.39, 0.29) is 18.4 Å². The van der Waals surface area contributed by atoms with Crippen LogP contribution in [0.5, 0.6) is 0 Å². The average molecular weight is 460 g/mol. The summed E-state index contributed by atoms with van der Waals surface area (Å²) in [5, 5.41) is 5.75. The molecule has 0 aliphatic carbocycles. The second kappa shape index (κ2) is 13.8. The van der Waals surface area contributed by atoms with E-state index in [1.165, 1.54) is 0 Å². The molecule has 0 heterocycles. The number of nitrogens with one attached hydrogen (secondary N) is 2. The topological polar surface area (TPSA) is 93.4 Å². The maximum Gasteiger partial charge on any atom is 0.407 e. The van der Waals surface area contributed by atoms with Gasteiger partial charge >= 0.3 is 6.09 Å². The Kier molecular flexibility index (Phi) is 10.1. The van der Waals surface area contributed by atoms with Crippen LogP contribution in [0.25, 0.3) is 0 Å². The number of rotatable bonds is 12. The lowest BCUT2D eigenvalue weighted by Gasteiger charge is -2.20. The van der Waals surface area contributed by atoms with Gasteiger partial charge in [0.2, 0.25) is 5.91 Å². The van der Waals surface area contributed by atoms with Crippen LogP contribution in [0.4, 0.5) is 4.79 Å². The molecule has 0 spiro atoms. The van der Waals surface area contributed by atoms with E-state index in [9.17, 15) is 9.59 Å². The smallest absolute Gasteiger partial charge is 0.407 e. The van der Waals surface area contributed by atoms with Crippen molar-refractivity contribution < 1.29 is 14.3 Å². The zero-order chi connectivity index (χ0) is 24.0. The lowest BCUT2D eigenvalue weighted by atomic mass is 9.91. The summed E-state index contributed by atoms with van der Waals surface area (Å²) in [6.07, 6.45) is 1.55. The SMILES string of the molecule is N[C@@H](CCCCNC(=O)OCc1ccccc1)C(=O)NCC(c1ccccc1)c1ccccc1. The van der Waals surface area contributed by atoms with E-state index < -0.39 is 12.1 Å². The lowest BCUT2D eigenvalue weighted by Crippen LogP contribution is -2.42. The molecule has 0 fully saturated rings. The Labute approximate surface area is 201 Å². The molecule has 6 heteroatoms. The molecule has 0 radical (unpaired) electrons. The van der Waals surface area contributed by atoms with Gasteiger partial charge in [0.1, 0.15) is 6.61 Å². The summed E-state index contributed by atoms with van der Waals surface area (Å²) < 4.78 is 5.18. The molecule has 4 N–H and O–H groups in total. The molecule has 3 rings (SSSR count). The van der Waals surface area contributed by atoms with Gasteiger partial charge in [-0.15, -0.1) is 0 Å². The largest absolute Gasteiger partial charge is 0.445 e. The zero-order valence-electron chi connectivity index (χ0n) is 19.4. The van der Waals surface area contributed by atoms with Crippen molar-refractivity contribution in [2.24, 2.45) is 5.73 Å². The first-order valence-electron chi connectivity index (χ1n) is 11.7. The van der Waals surface area contributed by atoms with Crippen LogP contribution in [0.15, 0.2) is 91.0 Å². The fourth-order valence-corrected chi connectivity index (χ4v) is 3.72. The summed E-state index contributed by atoms with van der Waals surface area (Å²) >= 11 is 0. The Hall–Kier alpha value is -3.64. The Morgan fingerprint density at radius 1 is 0.765 bits per heavy atom. The van der Waals surface area contributed by atoms with E-state index in [2.05, 4.69) is 34.9 Å². The molecule has 34 heavy (non-hydrogen) atoms. The molecule has 3 aromatic carbocycles. The standard InChI is InChI=1S/C28H33N3O3/c29-26(18-10-11-19-30-28(33)34-21-22-12-4-1-5-13-22)27(32)31-20-25(23-14-6-2-7-15-23)24-16-8-3-9-17-24/h1-9,12-17,25-26H,10-11,18-21,29H2,(H,30,33)(H,31,32)/t26-/m0/s1. The normalized spacial score (nSPS) is 11.6. The van der Waals surface area contributed by atoms with Crippen LogP contribution in [0.1, 0.15) is 41.9 Å². The van der Waals surface area contributed by atoms with Gasteiger partial charge in [-0.3, -0.25) is 4.79 Å². The monoisotopic (exact) mass is 459 g/mol. The molecule has 3 aromatic rings. The number of hydrogen-bond donors (Lipinski definition) is 3. The summed E-state index contributed by atoms with van der Waals surface area (Å²) in [4.78, 5) is 24.4. The van der Waals surface area contributed by atoms with Gasteiger partial charge in [0.15, 0.2) is 0 Å². The van der Waals surface area contributed by atoms with Crippen LogP contribution in [-0.4, -0.2) is 31.1 Å². The average Bonchev–Trinajstić information content (AvgIpc) is 2.89. The quantitative estimate of drug-likeness (QED) is 0.351. The van der Waals surface area contributed by atoms with Gasteiger partial charge in [0.25, 0.3) is 0 Å². The molecular formula is C28H33N3O3. The highest BCUT2D eigenvalue weighted by atomic mass is 16.5. The highest BCUT2D eigenvalue weighted by molar-refractivity contribution is 5.81. The number of hydrogen-bond acceptors (Lipinski definition) is 4. The third-order valence-electron chi connectivity index (χ3n) is 5.65. The maximum absolute atomic E-state index is 12.6.